The van der Waals surface area contributed by atoms with Crippen molar-refractivity contribution in [3.05, 3.63) is 69.4 Å². The van der Waals surface area contributed by atoms with E-state index in [1.807, 2.05) is 24.3 Å². The summed E-state index contributed by atoms with van der Waals surface area (Å²) in [6.07, 6.45) is 0.325. The van der Waals surface area contributed by atoms with Crippen LogP contribution < -0.4 is 0 Å². The smallest absolute Gasteiger partial charge is 0.167 e. The van der Waals surface area contributed by atoms with Gasteiger partial charge in [0.2, 0.25) is 0 Å². The van der Waals surface area contributed by atoms with E-state index in [0.29, 0.717) is 17.5 Å². The van der Waals surface area contributed by atoms with Crippen molar-refractivity contribution in [1.82, 2.24) is 0 Å². The zero-order valence-corrected chi connectivity index (χ0v) is 11.5. The van der Waals surface area contributed by atoms with E-state index in [4.69, 9.17) is 0 Å². The van der Waals surface area contributed by atoms with Crippen LogP contribution >= 0.6 is 15.9 Å². The zero-order chi connectivity index (χ0) is 13.1. The van der Waals surface area contributed by atoms with E-state index in [1.165, 1.54) is 12.1 Å². The fourth-order valence-electron chi connectivity index (χ4n) is 1.87. The van der Waals surface area contributed by atoms with Crippen LogP contribution in [0.3, 0.4) is 0 Å². The summed E-state index contributed by atoms with van der Waals surface area (Å²) in [4.78, 5) is 12.1. The molecular weight excluding hydrogens is 295 g/mol. The molecule has 0 aliphatic heterocycles. The van der Waals surface area contributed by atoms with Crippen LogP contribution in [0, 0.1) is 12.7 Å². The first-order valence-electron chi connectivity index (χ1n) is 5.60. The van der Waals surface area contributed by atoms with Crippen LogP contribution in [-0.4, -0.2) is 5.78 Å². The lowest BCUT2D eigenvalue weighted by Crippen LogP contribution is -2.05. The highest BCUT2D eigenvalue weighted by Crippen LogP contribution is 2.16. The van der Waals surface area contributed by atoms with Crippen molar-refractivity contribution in [1.29, 1.82) is 0 Å². The van der Waals surface area contributed by atoms with E-state index >= 15 is 0 Å². The second-order valence-electron chi connectivity index (χ2n) is 4.19. The van der Waals surface area contributed by atoms with Gasteiger partial charge in [0.1, 0.15) is 5.82 Å². The van der Waals surface area contributed by atoms with Crippen LogP contribution in [0.15, 0.2) is 46.9 Å². The summed E-state index contributed by atoms with van der Waals surface area (Å²) >= 11 is 3.37. The molecule has 0 aliphatic rings. The minimum atomic E-state index is -0.313. The van der Waals surface area contributed by atoms with Gasteiger partial charge in [-0.1, -0.05) is 28.1 Å². The van der Waals surface area contributed by atoms with E-state index in [9.17, 15) is 9.18 Å². The Kier molecular flexibility index (Phi) is 3.92. The number of ketones is 1. The molecule has 0 radical (unpaired) electrons. The number of carbonyl (C=O) groups is 1. The van der Waals surface area contributed by atoms with Crippen LogP contribution in [0.2, 0.25) is 0 Å². The molecule has 0 aliphatic carbocycles. The summed E-state index contributed by atoms with van der Waals surface area (Å²) in [5.41, 5.74) is 2.20. The number of aryl methyl sites for hydroxylation is 1. The minimum absolute atomic E-state index is 0.00519. The van der Waals surface area contributed by atoms with Gasteiger partial charge in [-0.15, -0.1) is 0 Å². The second-order valence-corrected chi connectivity index (χ2v) is 5.10. The molecule has 2 aromatic carbocycles. The van der Waals surface area contributed by atoms with E-state index in [0.717, 1.165) is 10.0 Å². The molecular formula is C15H12BrFO. The summed E-state index contributed by atoms with van der Waals surface area (Å²) in [7, 11) is 0. The Balaban J connectivity index is 2.22. The van der Waals surface area contributed by atoms with Crippen molar-refractivity contribution in [3.63, 3.8) is 0 Å². The number of carbonyl (C=O) groups excluding carboxylic acids is 1. The molecule has 0 bridgehead atoms. The Morgan fingerprint density at radius 1 is 1.22 bits per heavy atom. The van der Waals surface area contributed by atoms with Gasteiger partial charge in [0.25, 0.3) is 0 Å². The molecule has 0 heterocycles. The Bertz CT molecular complexity index is 593. The molecule has 0 unspecified atom stereocenters. The Morgan fingerprint density at radius 2 is 2.00 bits per heavy atom. The largest absolute Gasteiger partial charge is 0.294 e. The number of rotatable bonds is 3. The number of Topliss-reactive ketones (excluding diaryl/α,β-unsaturated/α-hetero) is 1. The average Bonchev–Trinajstić information content (AvgIpc) is 2.28. The summed E-state index contributed by atoms with van der Waals surface area (Å²) in [5.74, 6) is -0.308. The molecule has 0 spiro atoms. The minimum Gasteiger partial charge on any atom is -0.294 e. The average molecular weight is 307 g/mol. The van der Waals surface area contributed by atoms with E-state index in [-0.39, 0.29) is 11.6 Å². The first-order valence-corrected chi connectivity index (χ1v) is 6.39. The molecule has 0 saturated heterocycles. The van der Waals surface area contributed by atoms with Crippen LogP contribution in [0.4, 0.5) is 4.39 Å². The van der Waals surface area contributed by atoms with Crippen LogP contribution in [0.1, 0.15) is 21.5 Å². The molecule has 0 N–H and O–H groups in total. The predicted octanol–water partition coefficient (Wildman–Crippen LogP) is 4.32. The van der Waals surface area contributed by atoms with E-state index < -0.39 is 0 Å². The maximum Gasteiger partial charge on any atom is 0.167 e. The maximum atomic E-state index is 13.0. The standard InChI is InChI=1S/C15H12BrFO/c1-10-7-13(17)5-6-14(10)15(18)9-11-3-2-4-12(16)8-11/h2-8H,9H2,1H3. The molecule has 0 saturated carbocycles. The van der Waals surface area contributed by atoms with Crippen molar-refractivity contribution in [2.75, 3.05) is 0 Å². The first kappa shape index (κ1) is 13.0. The molecule has 0 amide bonds. The summed E-state index contributed by atoms with van der Waals surface area (Å²) in [6.45, 7) is 1.75. The van der Waals surface area contributed by atoms with Crippen LogP contribution in [-0.2, 0) is 6.42 Å². The van der Waals surface area contributed by atoms with Crippen LogP contribution in [0.5, 0.6) is 0 Å². The van der Waals surface area contributed by atoms with Gasteiger partial charge in [0.15, 0.2) is 5.78 Å². The first-order chi connectivity index (χ1) is 8.56. The van der Waals surface area contributed by atoms with Gasteiger partial charge in [-0.2, -0.15) is 0 Å². The van der Waals surface area contributed by atoms with Gasteiger partial charge in [-0.25, -0.2) is 4.39 Å². The number of benzene rings is 2. The third-order valence-electron chi connectivity index (χ3n) is 2.74. The lowest BCUT2D eigenvalue weighted by atomic mass is 9.99. The third-order valence-corrected chi connectivity index (χ3v) is 3.24. The van der Waals surface area contributed by atoms with Gasteiger partial charge in [-0.3, -0.25) is 4.79 Å². The third kappa shape index (κ3) is 3.05. The molecule has 2 rings (SSSR count). The molecule has 18 heavy (non-hydrogen) atoms. The van der Waals surface area contributed by atoms with Gasteiger partial charge in [0.05, 0.1) is 0 Å². The van der Waals surface area contributed by atoms with Gasteiger partial charge in [-0.05, 0) is 48.4 Å². The Morgan fingerprint density at radius 3 is 2.67 bits per heavy atom. The summed E-state index contributed by atoms with van der Waals surface area (Å²) in [5, 5.41) is 0. The predicted molar refractivity (Wildman–Crippen MR) is 73.3 cm³/mol. The lowest BCUT2D eigenvalue weighted by molar-refractivity contribution is 0.0992. The summed E-state index contributed by atoms with van der Waals surface area (Å²) < 4.78 is 13.9. The van der Waals surface area contributed by atoms with Crippen molar-refractivity contribution in [3.8, 4) is 0 Å². The SMILES string of the molecule is Cc1cc(F)ccc1C(=O)Cc1cccc(Br)c1. The lowest BCUT2D eigenvalue weighted by Gasteiger charge is -2.05. The van der Waals surface area contributed by atoms with Crippen molar-refractivity contribution in [2.24, 2.45) is 0 Å². The zero-order valence-electron chi connectivity index (χ0n) is 9.91. The molecule has 0 fully saturated rings. The van der Waals surface area contributed by atoms with Crippen LogP contribution in [0.25, 0.3) is 0 Å². The number of halogens is 2. The molecule has 3 heteroatoms. The monoisotopic (exact) mass is 306 g/mol. The molecule has 0 aromatic heterocycles. The highest BCUT2D eigenvalue weighted by atomic mass is 79.9. The highest BCUT2D eigenvalue weighted by Gasteiger charge is 2.10. The number of hydrogen-bond acceptors (Lipinski definition) is 1. The maximum absolute atomic E-state index is 13.0. The number of hydrogen-bond donors (Lipinski definition) is 0. The fourth-order valence-corrected chi connectivity index (χ4v) is 2.31. The van der Waals surface area contributed by atoms with Gasteiger partial charge in [0, 0.05) is 16.5 Å². The van der Waals surface area contributed by atoms with Crippen molar-refractivity contribution < 1.29 is 9.18 Å². The highest BCUT2D eigenvalue weighted by molar-refractivity contribution is 9.10. The normalized spacial score (nSPS) is 10.4. The fraction of sp³-hybridized carbons (Fsp3) is 0.133. The summed E-state index contributed by atoms with van der Waals surface area (Å²) in [6, 6.07) is 11.9. The van der Waals surface area contributed by atoms with E-state index in [1.54, 1.807) is 13.0 Å². The molecule has 1 nitrogen and oxygen atoms in total. The molecule has 2 aromatic rings. The topological polar surface area (TPSA) is 17.1 Å². The molecule has 92 valence electrons. The second kappa shape index (κ2) is 5.44. The van der Waals surface area contributed by atoms with Crippen molar-refractivity contribution >= 4 is 21.7 Å². The molecule has 0 atom stereocenters. The van der Waals surface area contributed by atoms with Crippen molar-refractivity contribution in [2.45, 2.75) is 13.3 Å². The Labute approximate surface area is 114 Å². The van der Waals surface area contributed by atoms with Gasteiger partial charge < -0.3 is 0 Å². The Hall–Kier alpha value is -1.48. The quantitative estimate of drug-likeness (QED) is 0.772. The van der Waals surface area contributed by atoms with Gasteiger partial charge >= 0.3 is 0 Å². The van der Waals surface area contributed by atoms with E-state index in [2.05, 4.69) is 15.9 Å².